The number of carbonyl (C=O) groups is 2. The van der Waals surface area contributed by atoms with Crippen LogP contribution in [0.3, 0.4) is 0 Å². The van der Waals surface area contributed by atoms with E-state index >= 15 is 0 Å². The highest BCUT2D eigenvalue weighted by Crippen LogP contribution is 2.33. The molecule has 162 valence electrons. The standard InChI is InChI=1S/C21H19Cl2N3O4S/c1-11(24-20(28)13-5-4-6-14(22)18(13)23)19(27)26-21-25-15(10-31-21)12-7-8-16(29-2)17(9-12)30-3/h4-11H,1-3H3,(H,24,28)(H,25,26,27). The topological polar surface area (TPSA) is 89.6 Å². The smallest absolute Gasteiger partial charge is 0.253 e. The maximum atomic E-state index is 12.5. The van der Waals surface area contributed by atoms with Crippen LogP contribution in [0.25, 0.3) is 11.3 Å². The number of anilines is 1. The highest BCUT2D eigenvalue weighted by Gasteiger charge is 2.20. The van der Waals surface area contributed by atoms with Gasteiger partial charge in [-0.3, -0.25) is 9.59 Å². The number of ether oxygens (including phenoxy) is 2. The van der Waals surface area contributed by atoms with Crippen LogP contribution in [0.5, 0.6) is 11.5 Å². The average molecular weight is 480 g/mol. The van der Waals surface area contributed by atoms with E-state index in [1.54, 1.807) is 45.4 Å². The number of nitrogens with one attached hydrogen (secondary N) is 2. The van der Waals surface area contributed by atoms with Gasteiger partial charge in [0, 0.05) is 10.9 Å². The Balaban J connectivity index is 1.67. The molecular formula is C21H19Cl2N3O4S. The Bertz CT molecular complexity index is 1120. The van der Waals surface area contributed by atoms with Gasteiger partial charge in [0.25, 0.3) is 5.91 Å². The molecule has 2 aromatic carbocycles. The van der Waals surface area contributed by atoms with Crippen molar-refractivity contribution in [3.05, 3.63) is 57.4 Å². The van der Waals surface area contributed by atoms with Crippen molar-refractivity contribution in [1.29, 1.82) is 0 Å². The molecule has 10 heteroatoms. The molecule has 31 heavy (non-hydrogen) atoms. The summed E-state index contributed by atoms with van der Waals surface area (Å²) in [4.78, 5) is 29.4. The molecule has 0 fully saturated rings. The summed E-state index contributed by atoms with van der Waals surface area (Å²) in [5.74, 6) is 0.272. The van der Waals surface area contributed by atoms with Gasteiger partial charge in [-0.1, -0.05) is 29.3 Å². The van der Waals surface area contributed by atoms with E-state index in [2.05, 4.69) is 15.6 Å². The molecule has 0 aliphatic rings. The Labute approximate surface area is 193 Å². The first-order valence-corrected chi connectivity index (χ1v) is 10.7. The summed E-state index contributed by atoms with van der Waals surface area (Å²) in [6.07, 6.45) is 0. The van der Waals surface area contributed by atoms with E-state index in [1.165, 1.54) is 17.4 Å². The lowest BCUT2D eigenvalue weighted by Crippen LogP contribution is -2.41. The highest BCUT2D eigenvalue weighted by molar-refractivity contribution is 7.14. The van der Waals surface area contributed by atoms with Crippen molar-refractivity contribution < 1.29 is 19.1 Å². The molecule has 0 saturated heterocycles. The molecule has 3 rings (SSSR count). The van der Waals surface area contributed by atoms with E-state index in [0.29, 0.717) is 22.3 Å². The molecule has 1 atom stereocenters. The maximum Gasteiger partial charge on any atom is 0.253 e. The van der Waals surface area contributed by atoms with Gasteiger partial charge in [-0.25, -0.2) is 4.98 Å². The molecule has 2 amide bonds. The van der Waals surface area contributed by atoms with Crippen molar-refractivity contribution in [1.82, 2.24) is 10.3 Å². The summed E-state index contributed by atoms with van der Waals surface area (Å²) < 4.78 is 10.6. The van der Waals surface area contributed by atoms with Gasteiger partial charge >= 0.3 is 0 Å². The number of carbonyl (C=O) groups excluding carboxylic acids is 2. The summed E-state index contributed by atoms with van der Waals surface area (Å²) in [6, 6.07) is 9.33. The van der Waals surface area contributed by atoms with Gasteiger partial charge < -0.3 is 20.1 Å². The van der Waals surface area contributed by atoms with Gasteiger partial charge in [0.2, 0.25) is 5.91 Å². The van der Waals surface area contributed by atoms with Gasteiger partial charge in [-0.15, -0.1) is 11.3 Å². The minimum atomic E-state index is -0.823. The van der Waals surface area contributed by atoms with Crippen LogP contribution >= 0.6 is 34.5 Å². The Morgan fingerprint density at radius 2 is 1.84 bits per heavy atom. The second-order valence-corrected chi connectivity index (χ2v) is 8.04. The average Bonchev–Trinajstić information content (AvgIpc) is 3.23. The van der Waals surface area contributed by atoms with Crippen LogP contribution in [0.2, 0.25) is 10.0 Å². The number of thiazole rings is 1. The van der Waals surface area contributed by atoms with E-state index < -0.39 is 17.9 Å². The van der Waals surface area contributed by atoms with Crippen molar-refractivity contribution in [2.24, 2.45) is 0 Å². The third-order valence-electron chi connectivity index (χ3n) is 4.35. The summed E-state index contributed by atoms with van der Waals surface area (Å²) in [6.45, 7) is 1.56. The first-order valence-electron chi connectivity index (χ1n) is 9.07. The number of amides is 2. The number of nitrogens with zero attached hydrogens (tertiary/aromatic N) is 1. The first-order chi connectivity index (χ1) is 14.8. The molecule has 0 radical (unpaired) electrons. The fraction of sp³-hybridized carbons (Fsp3) is 0.190. The molecule has 0 bridgehead atoms. The Hall–Kier alpha value is -2.81. The fourth-order valence-corrected chi connectivity index (χ4v) is 3.80. The van der Waals surface area contributed by atoms with E-state index in [-0.39, 0.29) is 15.6 Å². The molecule has 0 aliphatic carbocycles. The zero-order valence-electron chi connectivity index (χ0n) is 16.9. The summed E-state index contributed by atoms with van der Waals surface area (Å²) >= 11 is 13.3. The molecule has 0 spiro atoms. The predicted octanol–water partition coefficient (Wildman–Crippen LogP) is 4.89. The van der Waals surface area contributed by atoms with Crippen LogP contribution < -0.4 is 20.1 Å². The van der Waals surface area contributed by atoms with Gasteiger partial charge in [0.15, 0.2) is 16.6 Å². The van der Waals surface area contributed by atoms with Gasteiger partial charge in [0.05, 0.1) is 35.5 Å². The van der Waals surface area contributed by atoms with Crippen molar-refractivity contribution in [3.8, 4) is 22.8 Å². The minimum absolute atomic E-state index is 0.133. The molecule has 2 N–H and O–H groups in total. The second kappa shape index (κ2) is 10.00. The van der Waals surface area contributed by atoms with Crippen LogP contribution in [0.15, 0.2) is 41.8 Å². The number of halogens is 2. The van der Waals surface area contributed by atoms with Crippen molar-refractivity contribution in [3.63, 3.8) is 0 Å². The number of hydrogen-bond acceptors (Lipinski definition) is 6. The van der Waals surface area contributed by atoms with Gasteiger partial charge in [0.1, 0.15) is 6.04 Å². The summed E-state index contributed by atoms with van der Waals surface area (Å²) in [7, 11) is 3.12. The normalized spacial score (nSPS) is 11.5. The molecule has 7 nitrogen and oxygen atoms in total. The Kier molecular flexibility index (Phi) is 7.37. The second-order valence-electron chi connectivity index (χ2n) is 6.39. The molecule has 0 saturated carbocycles. The van der Waals surface area contributed by atoms with Crippen LogP contribution in [-0.2, 0) is 4.79 Å². The van der Waals surface area contributed by atoms with Crippen molar-refractivity contribution in [2.45, 2.75) is 13.0 Å². The molecule has 0 aliphatic heterocycles. The number of hydrogen-bond donors (Lipinski definition) is 2. The molecule has 1 aromatic heterocycles. The third kappa shape index (κ3) is 5.28. The summed E-state index contributed by atoms with van der Waals surface area (Å²) in [5, 5.41) is 7.91. The van der Waals surface area contributed by atoms with Crippen LogP contribution in [-0.4, -0.2) is 37.1 Å². The zero-order chi connectivity index (χ0) is 22.5. The van der Waals surface area contributed by atoms with Crippen LogP contribution in [0.1, 0.15) is 17.3 Å². The van der Waals surface area contributed by atoms with Gasteiger partial charge in [-0.2, -0.15) is 0 Å². The number of methoxy groups -OCH3 is 2. The Morgan fingerprint density at radius 3 is 2.55 bits per heavy atom. The van der Waals surface area contributed by atoms with Crippen molar-refractivity contribution >= 4 is 51.5 Å². The van der Waals surface area contributed by atoms with Crippen molar-refractivity contribution in [2.75, 3.05) is 19.5 Å². The lowest BCUT2D eigenvalue weighted by Gasteiger charge is -2.14. The first kappa shape index (κ1) is 22.9. The van der Waals surface area contributed by atoms with E-state index in [1.807, 2.05) is 11.4 Å². The van der Waals surface area contributed by atoms with Crippen LogP contribution in [0.4, 0.5) is 5.13 Å². The number of rotatable bonds is 7. The largest absolute Gasteiger partial charge is 0.493 e. The Morgan fingerprint density at radius 1 is 1.10 bits per heavy atom. The number of benzene rings is 2. The fourth-order valence-electron chi connectivity index (χ4n) is 2.69. The lowest BCUT2D eigenvalue weighted by atomic mass is 10.1. The van der Waals surface area contributed by atoms with Gasteiger partial charge in [-0.05, 0) is 37.3 Å². The molecule has 1 unspecified atom stereocenters. The quantitative estimate of drug-likeness (QED) is 0.503. The van der Waals surface area contributed by atoms with Crippen LogP contribution in [0, 0.1) is 0 Å². The minimum Gasteiger partial charge on any atom is -0.493 e. The summed E-state index contributed by atoms with van der Waals surface area (Å²) in [5.41, 5.74) is 1.67. The third-order valence-corrected chi connectivity index (χ3v) is 5.93. The monoisotopic (exact) mass is 479 g/mol. The molecular weight excluding hydrogens is 461 g/mol. The van der Waals surface area contributed by atoms with E-state index in [9.17, 15) is 9.59 Å². The molecule has 3 aromatic rings. The number of aromatic nitrogens is 1. The maximum absolute atomic E-state index is 12.5. The highest BCUT2D eigenvalue weighted by atomic mass is 35.5. The zero-order valence-corrected chi connectivity index (χ0v) is 19.2. The van der Waals surface area contributed by atoms with E-state index in [4.69, 9.17) is 32.7 Å². The lowest BCUT2D eigenvalue weighted by molar-refractivity contribution is -0.117. The molecule has 1 heterocycles. The van der Waals surface area contributed by atoms with E-state index in [0.717, 1.165) is 5.56 Å². The SMILES string of the molecule is COc1ccc(-c2csc(NC(=O)C(C)NC(=O)c3cccc(Cl)c3Cl)n2)cc1OC. The predicted molar refractivity (Wildman–Crippen MR) is 123 cm³/mol.